The number of hydrogen-bond donors (Lipinski definition) is 2. The number of phenols is 1. The maximum Gasteiger partial charge on any atom is 0.115 e. The summed E-state index contributed by atoms with van der Waals surface area (Å²) in [5.74, 6) is 1.02. The lowest BCUT2D eigenvalue weighted by molar-refractivity contribution is 0.456. The van der Waals surface area contributed by atoms with Crippen LogP contribution in [0.1, 0.15) is 17.5 Å². The Kier molecular flexibility index (Phi) is 3.96. The summed E-state index contributed by atoms with van der Waals surface area (Å²) >= 11 is 0. The maximum absolute atomic E-state index is 9.29. The van der Waals surface area contributed by atoms with Crippen LogP contribution in [0.25, 0.3) is 0 Å². The molecule has 3 heteroatoms. The van der Waals surface area contributed by atoms with Crippen LogP contribution in [0.5, 0.6) is 5.75 Å². The van der Waals surface area contributed by atoms with Crippen LogP contribution in [0.15, 0.2) is 18.2 Å². The number of benzene rings is 1. The minimum absolute atomic E-state index is 0. The van der Waals surface area contributed by atoms with Crippen LogP contribution in [-0.2, 0) is 12.8 Å². The fourth-order valence-corrected chi connectivity index (χ4v) is 2.02. The fourth-order valence-electron chi connectivity index (χ4n) is 2.02. The van der Waals surface area contributed by atoms with E-state index in [2.05, 4.69) is 0 Å². The molecule has 1 aromatic rings. The fraction of sp³-hybridized carbons (Fsp3) is 0.455. The normalized spacial score (nSPS) is 19.6. The highest BCUT2D eigenvalue weighted by molar-refractivity contribution is 8.93. The number of aromatic hydroxyl groups is 1. The second-order valence-electron chi connectivity index (χ2n) is 3.80. The van der Waals surface area contributed by atoms with Crippen molar-refractivity contribution in [1.82, 2.24) is 0 Å². The summed E-state index contributed by atoms with van der Waals surface area (Å²) in [5, 5.41) is 9.29. The molecule has 0 bridgehead atoms. The van der Waals surface area contributed by atoms with Crippen molar-refractivity contribution in [3.8, 4) is 5.75 Å². The van der Waals surface area contributed by atoms with Crippen molar-refractivity contribution in [1.29, 1.82) is 0 Å². The zero-order valence-electron chi connectivity index (χ0n) is 8.07. The number of fused-ring (bicyclic) bond motifs is 1. The van der Waals surface area contributed by atoms with Crippen LogP contribution in [-0.4, -0.2) is 11.7 Å². The van der Waals surface area contributed by atoms with Gasteiger partial charge in [0.1, 0.15) is 5.75 Å². The van der Waals surface area contributed by atoms with Gasteiger partial charge in [-0.05, 0) is 55.0 Å². The Balaban J connectivity index is 0.000000980. The van der Waals surface area contributed by atoms with Gasteiger partial charge in [-0.15, -0.1) is 17.0 Å². The summed E-state index contributed by atoms with van der Waals surface area (Å²) in [6.45, 7) is 0.778. The molecule has 2 rings (SSSR count). The number of nitrogens with two attached hydrogens (primary N) is 1. The smallest absolute Gasteiger partial charge is 0.115 e. The molecule has 14 heavy (non-hydrogen) atoms. The Morgan fingerprint density at radius 3 is 2.86 bits per heavy atom. The summed E-state index contributed by atoms with van der Waals surface area (Å²) in [4.78, 5) is 0. The highest BCUT2D eigenvalue weighted by Gasteiger charge is 2.17. The standard InChI is InChI=1S/C11H15NO.BrH/c12-7-8-1-2-10-6-11(13)4-3-9(10)5-8;/h3-4,6,8,13H,1-2,5,7,12H2;1H. The molecule has 0 radical (unpaired) electrons. The zero-order chi connectivity index (χ0) is 9.26. The Morgan fingerprint density at radius 1 is 1.36 bits per heavy atom. The van der Waals surface area contributed by atoms with Gasteiger partial charge in [0.15, 0.2) is 0 Å². The second kappa shape index (κ2) is 4.80. The Hall–Kier alpha value is -0.540. The van der Waals surface area contributed by atoms with E-state index in [4.69, 9.17) is 5.73 Å². The lowest BCUT2D eigenvalue weighted by atomic mass is 9.84. The molecule has 1 unspecified atom stereocenters. The number of rotatable bonds is 1. The Morgan fingerprint density at radius 2 is 2.14 bits per heavy atom. The van der Waals surface area contributed by atoms with Gasteiger partial charge >= 0.3 is 0 Å². The zero-order valence-corrected chi connectivity index (χ0v) is 9.78. The van der Waals surface area contributed by atoms with Crippen molar-refractivity contribution in [3.05, 3.63) is 29.3 Å². The highest BCUT2D eigenvalue weighted by Crippen LogP contribution is 2.27. The molecule has 1 aliphatic carbocycles. The van der Waals surface area contributed by atoms with E-state index in [0.717, 1.165) is 25.8 Å². The minimum atomic E-state index is 0. The van der Waals surface area contributed by atoms with E-state index in [1.54, 1.807) is 6.07 Å². The van der Waals surface area contributed by atoms with Gasteiger partial charge in [0.05, 0.1) is 0 Å². The second-order valence-corrected chi connectivity index (χ2v) is 3.80. The molecule has 0 spiro atoms. The molecular formula is C11H16BrNO. The van der Waals surface area contributed by atoms with Gasteiger partial charge in [-0.2, -0.15) is 0 Å². The first kappa shape index (κ1) is 11.5. The summed E-state index contributed by atoms with van der Waals surface area (Å²) < 4.78 is 0. The van der Waals surface area contributed by atoms with E-state index < -0.39 is 0 Å². The van der Waals surface area contributed by atoms with Crippen LogP contribution >= 0.6 is 17.0 Å². The molecule has 0 amide bonds. The lowest BCUT2D eigenvalue weighted by Crippen LogP contribution is -2.21. The van der Waals surface area contributed by atoms with E-state index >= 15 is 0 Å². The molecule has 0 aliphatic heterocycles. The van der Waals surface area contributed by atoms with Crippen molar-refractivity contribution in [2.24, 2.45) is 11.7 Å². The van der Waals surface area contributed by atoms with Gasteiger partial charge in [-0.1, -0.05) is 6.07 Å². The van der Waals surface area contributed by atoms with Crippen LogP contribution in [0.2, 0.25) is 0 Å². The SMILES string of the molecule is Br.NCC1CCc2cc(O)ccc2C1. The van der Waals surface area contributed by atoms with E-state index in [1.807, 2.05) is 12.1 Å². The topological polar surface area (TPSA) is 46.2 Å². The van der Waals surface area contributed by atoms with Crippen LogP contribution in [0.4, 0.5) is 0 Å². The quantitative estimate of drug-likeness (QED) is 0.809. The monoisotopic (exact) mass is 257 g/mol. The minimum Gasteiger partial charge on any atom is -0.508 e. The molecule has 1 aliphatic rings. The molecule has 0 aromatic heterocycles. The van der Waals surface area contributed by atoms with Gasteiger partial charge in [-0.25, -0.2) is 0 Å². The average Bonchev–Trinajstić information content (AvgIpc) is 2.17. The average molecular weight is 258 g/mol. The summed E-state index contributed by atoms with van der Waals surface area (Å²) in [7, 11) is 0. The molecule has 0 fully saturated rings. The molecule has 1 aromatic carbocycles. The first-order chi connectivity index (χ1) is 6.29. The lowest BCUT2D eigenvalue weighted by Gasteiger charge is -2.23. The molecule has 0 saturated carbocycles. The molecular weight excluding hydrogens is 242 g/mol. The van der Waals surface area contributed by atoms with Crippen molar-refractivity contribution >= 4 is 17.0 Å². The number of halogens is 1. The first-order valence-electron chi connectivity index (χ1n) is 4.80. The molecule has 3 N–H and O–H groups in total. The summed E-state index contributed by atoms with van der Waals surface area (Å²) in [6.07, 6.45) is 3.30. The summed E-state index contributed by atoms with van der Waals surface area (Å²) in [6, 6.07) is 5.66. The van der Waals surface area contributed by atoms with E-state index in [9.17, 15) is 5.11 Å². The molecule has 0 saturated heterocycles. The van der Waals surface area contributed by atoms with Crippen molar-refractivity contribution < 1.29 is 5.11 Å². The van der Waals surface area contributed by atoms with Gasteiger partial charge in [0.25, 0.3) is 0 Å². The van der Waals surface area contributed by atoms with Crippen LogP contribution in [0.3, 0.4) is 0 Å². The molecule has 2 nitrogen and oxygen atoms in total. The van der Waals surface area contributed by atoms with E-state index in [-0.39, 0.29) is 17.0 Å². The van der Waals surface area contributed by atoms with Gasteiger partial charge in [0.2, 0.25) is 0 Å². The number of aryl methyl sites for hydroxylation is 1. The predicted molar refractivity (Wildman–Crippen MR) is 63.0 cm³/mol. The van der Waals surface area contributed by atoms with E-state index in [0.29, 0.717) is 11.7 Å². The number of phenolic OH excluding ortho intramolecular Hbond substituents is 1. The molecule has 1 atom stereocenters. The highest BCUT2D eigenvalue weighted by atomic mass is 79.9. The van der Waals surface area contributed by atoms with Gasteiger partial charge in [0, 0.05) is 0 Å². The van der Waals surface area contributed by atoms with Crippen molar-refractivity contribution in [2.75, 3.05) is 6.54 Å². The van der Waals surface area contributed by atoms with Crippen molar-refractivity contribution in [3.63, 3.8) is 0 Å². The third-order valence-electron chi connectivity index (χ3n) is 2.85. The summed E-state index contributed by atoms with van der Waals surface area (Å²) in [5.41, 5.74) is 8.30. The maximum atomic E-state index is 9.29. The van der Waals surface area contributed by atoms with E-state index in [1.165, 1.54) is 11.1 Å². The third-order valence-corrected chi connectivity index (χ3v) is 2.85. The predicted octanol–water partition coefficient (Wildman–Crippen LogP) is 2.03. The van der Waals surface area contributed by atoms with Crippen molar-refractivity contribution in [2.45, 2.75) is 19.3 Å². The van der Waals surface area contributed by atoms with Gasteiger partial charge in [-0.3, -0.25) is 0 Å². The van der Waals surface area contributed by atoms with Crippen LogP contribution in [0, 0.1) is 5.92 Å². The Bertz CT molecular complexity index is 314. The largest absolute Gasteiger partial charge is 0.508 e. The molecule has 0 heterocycles. The Labute approximate surface area is 94.9 Å². The van der Waals surface area contributed by atoms with Gasteiger partial charge < -0.3 is 10.8 Å². The number of hydrogen-bond acceptors (Lipinski definition) is 2. The third kappa shape index (κ3) is 2.28. The first-order valence-corrected chi connectivity index (χ1v) is 4.80. The molecule has 78 valence electrons. The van der Waals surface area contributed by atoms with Crippen LogP contribution < -0.4 is 5.73 Å².